The molecule has 0 fully saturated rings. The number of aromatic nitrogens is 2. The number of nitrogens with one attached hydrogen (secondary N) is 1. The van der Waals surface area contributed by atoms with Gasteiger partial charge in [0.1, 0.15) is 0 Å². The lowest BCUT2D eigenvalue weighted by atomic mass is 10.0. The Morgan fingerprint density at radius 2 is 1.80 bits per heavy atom. The molecule has 30 heavy (non-hydrogen) atoms. The summed E-state index contributed by atoms with van der Waals surface area (Å²) >= 11 is 0. The number of rotatable bonds is 6. The molecule has 0 aliphatic rings. The Kier molecular flexibility index (Phi) is 5.82. The average molecular weight is 397 g/mol. The first kappa shape index (κ1) is 19.7. The number of hydrogen-bond acceptors (Lipinski definition) is 4. The number of pyridine rings is 2. The molecular formula is C25H23N3O2. The molecule has 0 aliphatic carbocycles. The quantitative estimate of drug-likeness (QED) is 0.468. The number of benzene rings is 2. The maximum absolute atomic E-state index is 13.2. The molecular weight excluding hydrogens is 374 g/mol. The van der Waals surface area contributed by atoms with E-state index in [1.807, 2.05) is 80.6 Å². The summed E-state index contributed by atoms with van der Waals surface area (Å²) in [5.41, 5.74) is 4.75. The Morgan fingerprint density at radius 1 is 1.00 bits per heavy atom. The van der Waals surface area contributed by atoms with E-state index in [2.05, 4.69) is 10.3 Å². The molecule has 0 aliphatic heterocycles. The van der Waals surface area contributed by atoms with Crippen LogP contribution in [0.3, 0.4) is 0 Å². The molecule has 4 rings (SSSR count). The van der Waals surface area contributed by atoms with Crippen LogP contribution >= 0.6 is 0 Å². The van der Waals surface area contributed by atoms with Crippen LogP contribution in [0.5, 0.6) is 0 Å². The lowest BCUT2D eigenvalue weighted by Gasteiger charge is -2.12. The van der Waals surface area contributed by atoms with Crippen LogP contribution in [-0.2, 0) is 11.3 Å². The molecule has 150 valence electrons. The summed E-state index contributed by atoms with van der Waals surface area (Å²) in [6, 6.07) is 21.0. The Morgan fingerprint density at radius 3 is 2.60 bits per heavy atom. The number of anilines is 1. The van der Waals surface area contributed by atoms with Crippen molar-refractivity contribution in [2.24, 2.45) is 0 Å². The topological polar surface area (TPSA) is 64.1 Å². The predicted molar refractivity (Wildman–Crippen MR) is 119 cm³/mol. The van der Waals surface area contributed by atoms with Crippen molar-refractivity contribution in [3.05, 3.63) is 90.3 Å². The molecule has 2 aromatic heterocycles. The fraction of sp³-hybridized carbons (Fsp3) is 0.160. The second-order valence-corrected chi connectivity index (χ2v) is 7.32. The van der Waals surface area contributed by atoms with Gasteiger partial charge in [-0.1, -0.05) is 30.3 Å². The summed E-state index contributed by atoms with van der Waals surface area (Å²) in [5, 5.41) is 3.83. The van der Waals surface area contributed by atoms with Crippen LogP contribution in [0.1, 0.15) is 29.8 Å². The summed E-state index contributed by atoms with van der Waals surface area (Å²) in [7, 11) is 0. The van der Waals surface area contributed by atoms with Crippen LogP contribution in [0.4, 0.5) is 5.69 Å². The van der Waals surface area contributed by atoms with Crippen molar-refractivity contribution < 1.29 is 9.53 Å². The number of ether oxygens (including phenoxy) is 1. The normalized spacial score (nSPS) is 11.0. The molecule has 2 heterocycles. The average Bonchev–Trinajstić information content (AvgIpc) is 2.77. The minimum atomic E-state index is -0.175. The molecule has 0 saturated carbocycles. The predicted octanol–water partition coefficient (Wildman–Crippen LogP) is 5.47. The van der Waals surface area contributed by atoms with Gasteiger partial charge in [0.25, 0.3) is 5.91 Å². The van der Waals surface area contributed by atoms with E-state index in [-0.39, 0.29) is 12.0 Å². The highest BCUT2D eigenvalue weighted by molar-refractivity contribution is 6.13. The number of carbonyl (C=O) groups is 1. The molecule has 4 aromatic rings. The van der Waals surface area contributed by atoms with Crippen LogP contribution in [0, 0.1) is 0 Å². The Labute approximate surface area is 175 Å². The summed E-state index contributed by atoms with van der Waals surface area (Å²) in [6.07, 6.45) is 3.59. The molecule has 1 amide bonds. The van der Waals surface area contributed by atoms with Crippen molar-refractivity contribution in [2.45, 2.75) is 26.6 Å². The van der Waals surface area contributed by atoms with Crippen LogP contribution in [0.15, 0.2) is 79.1 Å². The molecule has 0 unspecified atom stereocenters. The number of amides is 1. The second-order valence-electron chi connectivity index (χ2n) is 7.32. The van der Waals surface area contributed by atoms with Crippen LogP contribution in [-0.4, -0.2) is 22.0 Å². The highest BCUT2D eigenvalue weighted by atomic mass is 16.5. The van der Waals surface area contributed by atoms with E-state index in [1.165, 1.54) is 0 Å². The smallest absolute Gasteiger partial charge is 0.256 e. The third-order valence-electron chi connectivity index (χ3n) is 4.71. The van der Waals surface area contributed by atoms with Gasteiger partial charge < -0.3 is 10.1 Å². The van der Waals surface area contributed by atoms with Crippen molar-refractivity contribution in [1.29, 1.82) is 0 Å². The zero-order valence-corrected chi connectivity index (χ0v) is 17.0. The van der Waals surface area contributed by atoms with Gasteiger partial charge in [-0.2, -0.15) is 0 Å². The molecule has 0 saturated heterocycles. The van der Waals surface area contributed by atoms with Gasteiger partial charge in [0.15, 0.2) is 0 Å². The third-order valence-corrected chi connectivity index (χ3v) is 4.71. The van der Waals surface area contributed by atoms with Crippen molar-refractivity contribution in [1.82, 2.24) is 9.97 Å². The third kappa shape index (κ3) is 4.53. The monoisotopic (exact) mass is 397 g/mol. The number of para-hydroxylation sites is 1. The van der Waals surface area contributed by atoms with E-state index >= 15 is 0 Å². The van der Waals surface area contributed by atoms with Gasteiger partial charge in [-0.25, -0.2) is 4.98 Å². The molecule has 0 spiro atoms. The van der Waals surface area contributed by atoms with Gasteiger partial charge in [0, 0.05) is 29.0 Å². The molecule has 0 atom stereocenters. The van der Waals surface area contributed by atoms with Crippen LogP contribution < -0.4 is 5.32 Å². The molecule has 2 aromatic carbocycles. The van der Waals surface area contributed by atoms with Crippen LogP contribution in [0.25, 0.3) is 22.2 Å². The maximum atomic E-state index is 13.2. The molecule has 1 N–H and O–H groups in total. The van der Waals surface area contributed by atoms with E-state index in [0.717, 1.165) is 33.4 Å². The van der Waals surface area contributed by atoms with Crippen molar-refractivity contribution >= 4 is 22.5 Å². The van der Waals surface area contributed by atoms with Gasteiger partial charge in [0.05, 0.1) is 29.5 Å². The lowest BCUT2D eigenvalue weighted by molar-refractivity contribution is 0.0657. The van der Waals surface area contributed by atoms with Crippen molar-refractivity contribution in [3.63, 3.8) is 0 Å². The maximum Gasteiger partial charge on any atom is 0.256 e. The number of nitrogens with zero attached hydrogens (tertiary/aromatic N) is 2. The van der Waals surface area contributed by atoms with Gasteiger partial charge >= 0.3 is 0 Å². The Hall–Kier alpha value is -3.57. The fourth-order valence-electron chi connectivity index (χ4n) is 3.23. The van der Waals surface area contributed by atoms with Gasteiger partial charge in [-0.05, 0) is 55.8 Å². The first-order chi connectivity index (χ1) is 14.6. The van der Waals surface area contributed by atoms with Crippen molar-refractivity contribution in [2.75, 3.05) is 5.32 Å². The SMILES string of the molecule is CC(C)OCc1cccc(NC(=O)c2cc(-c3ccncc3)nc3ccccc23)c1. The summed E-state index contributed by atoms with van der Waals surface area (Å²) in [5.74, 6) is -0.175. The number of carbonyl (C=O) groups excluding carboxylic acids is 1. The number of fused-ring (bicyclic) bond motifs is 1. The minimum Gasteiger partial charge on any atom is -0.374 e. The molecule has 5 nitrogen and oxygen atoms in total. The zero-order valence-electron chi connectivity index (χ0n) is 17.0. The van der Waals surface area contributed by atoms with Gasteiger partial charge in [-0.3, -0.25) is 9.78 Å². The van der Waals surface area contributed by atoms with E-state index in [1.54, 1.807) is 12.4 Å². The summed E-state index contributed by atoms with van der Waals surface area (Å²) < 4.78 is 5.67. The Bertz CT molecular complexity index is 1170. The highest BCUT2D eigenvalue weighted by Crippen LogP contribution is 2.25. The minimum absolute atomic E-state index is 0.151. The van der Waals surface area contributed by atoms with Gasteiger partial charge in [-0.15, -0.1) is 0 Å². The highest BCUT2D eigenvalue weighted by Gasteiger charge is 2.14. The largest absolute Gasteiger partial charge is 0.374 e. The van der Waals surface area contributed by atoms with Crippen LogP contribution in [0.2, 0.25) is 0 Å². The molecule has 0 radical (unpaired) electrons. The van der Waals surface area contributed by atoms with E-state index in [0.29, 0.717) is 12.2 Å². The summed E-state index contributed by atoms with van der Waals surface area (Å²) in [6.45, 7) is 4.51. The standard InChI is InChI=1S/C25H23N3O2/c1-17(2)30-16-18-6-5-7-20(14-18)27-25(29)22-15-24(19-10-12-26-13-11-19)28-23-9-4-3-8-21(22)23/h3-15,17H,16H2,1-2H3,(H,27,29). The first-order valence-electron chi connectivity index (χ1n) is 9.92. The van der Waals surface area contributed by atoms with E-state index in [9.17, 15) is 4.79 Å². The first-order valence-corrected chi connectivity index (χ1v) is 9.92. The second kappa shape index (κ2) is 8.84. The number of hydrogen-bond donors (Lipinski definition) is 1. The van der Waals surface area contributed by atoms with E-state index in [4.69, 9.17) is 9.72 Å². The molecule has 0 bridgehead atoms. The molecule has 5 heteroatoms. The summed E-state index contributed by atoms with van der Waals surface area (Å²) in [4.78, 5) is 22.0. The zero-order chi connectivity index (χ0) is 20.9. The van der Waals surface area contributed by atoms with Gasteiger partial charge in [0.2, 0.25) is 0 Å². The van der Waals surface area contributed by atoms with Crippen molar-refractivity contribution in [3.8, 4) is 11.3 Å². The Balaban J connectivity index is 1.67. The van der Waals surface area contributed by atoms with E-state index < -0.39 is 0 Å². The fourth-order valence-corrected chi connectivity index (χ4v) is 3.23. The lowest BCUT2D eigenvalue weighted by Crippen LogP contribution is -2.13.